The Labute approximate surface area is 215 Å². The monoisotopic (exact) mass is 498 g/mol. The lowest BCUT2D eigenvalue weighted by molar-refractivity contribution is -0.307. The average molecular weight is 499 g/mol. The summed E-state index contributed by atoms with van der Waals surface area (Å²) in [6, 6.07) is 24.4. The number of carboxylic acids is 1. The van der Waals surface area contributed by atoms with E-state index in [2.05, 4.69) is 22.8 Å². The molecule has 0 saturated heterocycles. The Kier molecular flexibility index (Phi) is 10.2. The van der Waals surface area contributed by atoms with Crippen molar-refractivity contribution in [1.29, 1.82) is 5.26 Å². The van der Waals surface area contributed by atoms with E-state index in [4.69, 9.17) is 4.74 Å². The van der Waals surface area contributed by atoms with E-state index in [9.17, 15) is 24.8 Å². The molecule has 0 bridgehead atoms. The van der Waals surface area contributed by atoms with Crippen molar-refractivity contribution in [2.24, 2.45) is 0 Å². The predicted octanol–water partition coefficient (Wildman–Crippen LogP) is 2.17. The third kappa shape index (κ3) is 8.82. The van der Waals surface area contributed by atoms with E-state index in [0.29, 0.717) is 17.7 Å². The number of amides is 2. The Bertz CT molecular complexity index is 1240. The molecule has 0 spiro atoms. The third-order valence-electron chi connectivity index (χ3n) is 5.64. The first-order chi connectivity index (χ1) is 18.0. The Hall–Kier alpha value is -4.64. The van der Waals surface area contributed by atoms with Crippen molar-refractivity contribution in [3.8, 4) is 11.8 Å². The number of unbranched alkanes of at least 4 members (excludes halogenated alkanes) is 1. The zero-order valence-electron chi connectivity index (χ0n) is 20.3. The number of rotatable bonds is 13. The van der Waals surface area contributed by atoms with Crippen LogP contribution in [0, 0.1) is 11.3 Å². The van der Waals surface area contributed by atoms with Crippen LogP contribution in [-0.2, 0) is 22.4 Å². The maximum atomic E-state index is 13.1. The van der Waals surface area contributed by atoms with Crippen LogP contribution in [-0.4, -0.2) is 37.0 Å². The summed E-state index contributed by atoms with van der Waals surface area (Å²) in [6.07, 6.45) is 2.73. The number of carbonyl (C=O) groups excluding carboxylic acids is 3. The summed E-state index contributed by atoms with van der Waals surface area (Å²) >= 11 is 0. The van der Waals surface area contributed by atoms with Gasteiger partial charge in [-0.2, -0.15) is 5.26 Å². The van der Waals surface area contributed by atoms with E-state index in [-0.39, 0.29) is 29.5 Å². The van der Waals surface area contributed by atoms with Crippen LogP contribution in [0.4, 0.5) is 0 Å². The van der Waals surface area contributed by atoms with Crippen molar-refractivity contribution < 1.29 is 24.2 Å². The van der Waals surface area contributed by atoms with Gasteiger partial charge in [-0.3, -0.25) is 9.59 Å². The highest BCUT2D eigenvalue weighted by atomic mass is 16.5. The summed E-state index contributed by atoms with van der Waals surface area (Å²) in [5.41, 5.74) is 2.39. The number of aryl methyl sites for hydroxylation is 1. The molecule has 0 aliphatic heterocycles. The summed E-state index contributed by atoms with van der Waals surface area (Å²) in [4.78, 5) is 36.5. The molecule has 0 radical (unpaired) electrons. The fourth-order valence-corrected chi connectivity index (χ4v) is 3.76. The minimum Gasteiger partial charge on any atom is -0.546 e. The lowest BCUT2D eigenvalue weighted by Crippen LogP contribution is -2.48. The molecular weight excluding hydrogens is 470 g/mol. The molecule has 1 unspecified atom stereocenters. The number of hydrogen-bond acceptors (Lipinski definition) is 6. The van der Waals surface area contributed by atoms with Crippen molar-refractivity contribution in [3.05, 3.63) is 101 Å². The maximum absolute atomic E-state index is 13.1. The van der Waals surface area contributed by atoms with E-state index in [0.717, 1.165) is 19.3 Å². The molecule has 0 fully saturated rings. The van der Waals surface area contributed by atoms with Gasteiger partial charge in [0.05, 0.1) is 11.5 Å². The van der Waals surface area contributed by atoms with Crippen LogP contribution < -0.4 is 20.5 Å². The van der Waals surface area contributed by atoms with Gasteiger partial charge in [0, 0.05) is 18.5 Å². The van der Waals surface area contributed by atoms with Crippen LogP contribution in [0.15, 0.2) is 78.9 Å². The Morgan fingerprint density at radius 3 is 2.30 bits per heavy atom. The molecule has 8 nitrogen and oxygen atoms in total. The summed E-state index contributed by atoms with van der Waals surface area (Å²) in [7, 11) is 0. The van der Waals surface area contributed by atoms with E-state index < -0.39 is 18.6 Å². The quantitative estimate of drug-likeness (QED) is 0.347. The number of benzene rings is 3. The molecule has 0 saturated carbocycles. The number of nitrogens with one attached hydrogen (secondary N) is 2. The van der Waals surface area contributed by atoms with Crippen LogP contribution in [0.5, 0.6) is 5.75 Å². The number of nitriles is 1. The third-order valence-corrected chi connectivity index (χ3v) is 5.64. The fraction of sp³-hybridized carbons (Fsp3) is 0.241. The summed E-state index contributed by atoms with van der Waals surface area (Å²) in [5.74, 6) is -2.03. The minimum absolute atomic E-state index is 0.100. The number of hydrogen-bond donors (Lipinski definition) is 2. The van der Waals surface area contributed by atoms with Crippen molar-refractivity contribution in [2.75, 3.05) is 13.2 Å². The minimum atomic E-state index is -1.41. The maximum Gasteiger partial charge on any atom is 0.251 e. The predicted molar refractivity (Wildman–Crippen MR) is 135 cm³/mol. The molecule has 0 aliphatic carbocycles. The largest absolute Gasteiger partial charge is 0.546 e. The fourth-order valence-electron chi connectivity index (χ4n) is 3.76. The molecule has 1 atom stereocenters. The molecule has 190 valence electrons. The average Bonchev–Trinajstić information content (AvgIpc) is 2.92. The van der Waals surface area contributed by atoms with Gasteiger partial charge in [0.15, 0.2) is 0 Å². The van der Waals surface area contributed by atoms with Gasteiger partial charge < -0.3 is 25.3 Å². The second-order valence-corrected chi connectivity index (χ2v) is 8.43. The molecule has 3 aromatic carbocycles. The summed E-state index contributed by atoms with van der Waals surface area (Å²) < 4.78 is 5.09. The lowest BCUT2D eigenvalue weighted by atomic mass is 10.0. The van der Waals surface area contributed by atoms with Crippen molar-refractivity contribution in [1.82, 2.24) is 10.6 Å². The topological polar surface area (TPSA) is 131 Å². The Morgan fingerprint density at radius 1 is 0.919 bits per heavy atom. The number of carboxylic acid groups (broad SMARTS) is 1. The highest BCUT2D eigenvalue weighted by Crippen LogP contribution is 2.20. The smallest absolute Gasteiger partial charge is 0.251 e. The van der Waals surface area contributed by atoms with E-state index in [1.807, 2.05) is 24.3 Å². The first kappa shape index (κ1) is 27.0. The van der Waals surface area contributed by atoms with Crippen LogP contribution >= 0.6 is 0 Å². The van der Waals surface area contributed by atoms with Gasteiger partial charge >= 0.3 is 0 Å². The molecule has 2 N–H and O–H groups in total. The molecule has 2 amide bonds. The molecule has 0 aromatic heterocycles. The number of ether oxygens (including phenoxy) is 1. The van der Waals surface area contributed by atoms with Crippen molar-refractivity contribution >= 4 is 17.8 Å². The van der Waals surface area contributed by atoms with Crippen LogP contribution in [0.1, 0.15) is 39.9 Å². The van der Waals surface area contributed by atoms with Gasteiger partial charge in [-0.15, -0.1) is 0 Å². The van der Waals surface area contributed by atoms with E-state index in [1.165, 1.54) is 17.7 Å². The molecule has 3 aromatic rings. The normalized spacial score (nSPS) is 11.1. The molecule has 8 heteroatoms. The van der Waals surface area contributed by atoms with Gasteiger partial charge in [0.2, 0.25) is 5.91 Å². The summed E-state index contributed by atoms with van der Waals surface area (Å²) in [6.45, 7) is -0.223. The number of aliphatic carboxylic acids is 1. The Balaban J connectivity index is 1.65. The van der Waals surface area contributed by atoms with Crippen molar-refractivity contribution in [3.63, 3.8) is 0 Å². The zero-order chi connectivity index (χ0) is 26.5. The van der Waals surface area contributed by atoms with E-state index in [1.54, 1.807) is 36.4 Å². The van der Waals surface area contributed by atoms with Crippen LogP contribution in [0.25, 0.3) is 0 Å². The summed E-state index contributed by atoms with van der Waals surface area (Å²) in [5, 5.41) is 25.8. The molecule has 0 heterocycles. The number of nitrogens with zero attached hydrogens (tertiary/aromatic N) is 1. The highest BCUT2D eigenvalue weighted by Gasteiger charge is 2.22. The molecular formula is C29H28N3O5-. The first-order valence-corrected chi connectivity index (χ1v) is 12.0. The second-order valence-electron chi connectivity index (χ2n) is 8.43. The highest BCUT2D eigenvalue weighted by molar-refractivity contribution is 5.97. The van der Waals surface area contributed by atoms with Gasteiger partial charge in [-0.05, 0) is 54.7 Å². The van der Waals surface area contributed by atoms with Gasteiger partial charge in [0.25, 0.3) is 5.91 Å². The molecule has 3 rings (SSSR count). The standard InChI is InChI=1S/C29H29N3O5/c30-19-24-17-22(14-15-26(24)37-20-27(33)34)18-25(32-28(35)23-12-5-2-6-13-23)29(36)31-16-8-7-11-21-9-3-1-4-10-21/h1-6,9-10,12-15,17,25H,7-8,11,16,18,20H2,(H,31,36)(H,32,35)(H,33,34)/p-1. The lowest BCUT2D eigenvalue weighted by Gasteiger charge is -2.19. The van der Waals surface area contributed by atoms with Gasteiger partial charge in [-0.1, -0.05) is 54.6 Å². The van der Waals surface area contributed by atoms with Gasteiger partial charge in [0.1, 0.15) is 24.5 Å². The van der Waals surface area contributed by atoms with Gasteiger partial charge in [-0.25, -0.2) is 0 Å². The van der Waals surface area contributed by atoms with Crippen LogP contribution in [0.2, 0.25) is 0 Å². The second kappa shape index (κ2) is 14.0. The van der Waals surface area contributed by atoms with Crippen molar-refractivity contribution in [2.45, 2.75) is 31.7 Å². The SMILES string of the molecule is N#Cc1cc(CC(NC(=O)c2ccccc2)C(=O)NCCCCc2ccccc2)ccc1OCC(=O)[O-]. The van der Waals surface area contributed by atoms with Crippen LogP contribution in [0.3, 0.4) is 0 Å². The first-order valence-electron chi connectivity index (χ1n) is 12.0. The number of carbonyl (C=O) groups is 3. The van der Waals surface area contributed by atoms with E-state index >= 15 is 0 Å². The molecule has 0 aliphatic rings. The zero-order valence-corrected chi connectivity index (χ0v) is 20.3. The Morgan fingerprint density at radius 2 is 1.62 bits per heavy atom. The molecule has 37 heavy (non-hydrogen) atoms.